The molecule has 2 aromatic rings. The molecule has 1 amide bonds. The maximum absolute atomic E-state index is 12.6. The highest BCUT2D eigenvalue weighted by molar-refractivity contribution is 5.93. The average molecular weight is 307 g/mol. The van der Waals surface area contributed by atoms with Crippen molar-refractivity contribution in [2.75, 3.05) is 19.6 Å². The first-order chi connectivity index (χ1) is 9.70. The summed E-state index contributed by atoms with van der Waals surface area (Å²) in [5.74, 6) is 0.681. The Morgan fingerprint density at radius 3 is 3.05 bits per heavy atom. The maximum atomic E-state index is 12.6. The van der Waals surface area contributed by atoms with E-state index in [1.54, 1.807) is 4.52 Å². The van der Waals surface area contributed by atoms with Crippen LogP contribution in [0.1, 0.15) is 22.5 Å². The van der Waals surface area contributed by atoms with Crippen LogP contribution in [0.3, 0.4) is 0 Å². The van der Waals surface area contributed by atoms with E-state index in [-0.39, 0.29) is 18.3 Å². The van der Waals surface area contributed by atoms with E-state index in [9.17, 15) is 4.79 Å². The number of hydrogen-bond donors (Lipinski definition) is 1. The largest absolute Gasteiger partial charge is 0.335 e. The number of amides is 1. The van der Waals surface area contributed by atoms with Crippen LogP contribution < -0.4 is 5.32 Å². The van der Waals surface area contributed by atoms with Crippen molar-refractivity contribution in [2.45, 2.75) is 19.4 Å². The number of aromatic nitrogens is 2. The fraction of sp³-hybridized carbons (Fsp3) is 0.467. The highest BCUT2D eigenvalue weighted by Gasteiger charge is 2.38. The van der Waals surface area contributed by atoms with E-state index in [4.69, 9.17) is 0 Å². The van der Waals surface area contributed by atoms with Crippen molar-refractivity contribution in [3.8, 4) is 0 Å². The summed E-state index contributed by atoms with van der Waals surface area (Å²) in [7, 11) is 0. The molecule has 0 aliphatic carbocycles. The number of aryl methyl sites for hydroxylation is 1. The van der Waals surface area contributed by atoms with Gasteiger partial charge in [-0.05, 0) is 49.6 Å². The Morgan fingerprint density at radius 2 is 2.24 bits per heavy atom. The fourth-order valence-electron chi connectivity index (χ4n) is 3.39. The summed E-state index contributed by atoms with van der Waals surface area (Å²) < 4.78 is 1.77. The predicted octanol–water partition coefficient (Wildman–Crippen LogP) is 1.50. The molecule has 0 unspecified atom stereocenters. The summed E-state index contributed by atoms with van der Waals surface area (Å²) in [5, 5.41) is 7.87. The zero-order chi connectivity index (χ0) is 13.7. The summed E-state index contributed by atoms with van der Waals surface area (Å²) in [5.41, 5.74) is 2.71. The van der Waals surface area contributed by atoms with E-state index >= 15 is 0 Å². The molecule has 21 heavy (non-hydrogen) atoms. The molecule has 0 spiro atoms. The molecule has 1 N–H and O–H groups in total. The normalized spacial score (nSPS) is 24.1. The van der Waals surface area contributed by atoms with Gasteiger partial charge in [-0.2, -0.15) is 5.10 Å². The first-order valence-corrected chi connectivity index (χ1v) is 7.19. The van der Waals surface area contributed by atoms with Gasteiger partial charge in [0.05, 0.1) is 5.52 Å². The number of pyridine rings is 1. The van der Waals surface area contributed by atoms with Gasteiger partial charge in [-0.3, -0.25) is 4.79 Å². The molecule has 0 bridgehead atoms. The smallest absolute Gasteiger partial charge is 0.274 e. The standard InChI is InChI=1S/C15H18N4O.ClH/c1-10-3-5-19-12(6-10)7-13(17-19)15(20)18-8-11-2-4-16-14(11)9-18;/h3,5-7,11,14,16H,2,4,8-9H2,1H3;1H/t11-,14+;/m0./s1. The van der Waals surface area contributed by atoms with E-state index in [1.165, 1.54) is 12.0 Å². The third-order valence-electron chi connectivity index (χ3n) is 4.49. The van der Waals surface area contributed by atoms with Gasteiger partial charge in [-0.15, -0.1) is 12.4 Å². The molecule has 4 heterocycles. The molecule has 6 heteroatoms. The first-order valence-electron chi connectivity index (χ1n) is 7.19. The second kappa shape index (κ2) is 5.31. The number of likely N-dealkylation sites (tertiary alicyclic amines) is 1. The molecular weight excluding hydrogens is 288 g/mol. The average Bonchev–Trinajstić information content (AvgIpc) is 3.10. The molecule has 4 rings (SSSR count). The van der Waals surface area contributed by atoms with Crippen molar-refractivity contribution in [3.63, 3.8) is 0 Å². The molecule has 0 saturated carbocycles. The monoisotopic (exact) mass is 306 g/mol. The zero-order valence-electron chi connectivity index (χ0n) is 12.0. The minimum absolute atomic E-state index is 0. The van der Waals surface area contributed by atoms with Crippen molar-refractivity contribution in [3.05, 3.63) is 35.7 Å². The van der Waals surface area contributed by atoms with Crippen molar-refractivity contribution >= 4 is 23.8 Å². The number of rotatable bonds is 1. The minimum Gasteiger partial charge on any atom is -0.335 e. The van der Waals surface area contributed by atoms with Gasteiger partial charge >= 0.3 is 0 Å². The topological polar surface area (TPSA) is 49.6 Å². The number of halogens is 1. The summed E-state index contributed by atoms with van der Waals surface area (Å²) >= 11 is 0. The van der Waals surface area contributed by atoms with Gasteiger partial charge in [0, 0.05) is 25.3 Å². The number of nitrogens with zero attached hydrogens (tertiary/aromatic N) is 3. The first kappa shape index (κ1) is 14.4. The van der Waals surface area contributed by atoms with Gasteiger partial charge in [-0.25, -0.2) is 4.52 Å². The van der Waals surface area contributed by atoms with E-state index in [0.717, 1.165) is 25.2 Å². The van der Waals surface area contributed by atoms with E-state index in [2.05, 4.69) is 10.4 Å². The van der Waals surface area contributed by atoms with Crippen LogP contribution in [0.25, 0.3) is 5.52 Å². The lowest BCUT2D eigenvalue weighted by Crippen LogP contribution is -2.34. The molecule has 2 atom stereocenters. The summed E-state index contributed by atoms with van der Waals surface area (Å²) in [6.45, 7) is 4.81. The molecule has 0 aromatic carbocycles. The van der Waals surface area contributed by atoms with E-state index in [1.807, 2.05) is 36.2 Å². The molecule has 2 saturated heterocycles. The Labute approximate surface area is 129 Å². The summed E-state index contributed by atoms with van der Waals surface area (Å²) in [4.78, 5) is 14.5. The van der Waals surface area contributed by atoms with Crippen molar-refractivity contribution in [2.24, 2.45) is 5.92 Å². The van der Waals surface area contributed by atoms with Gasteiger partial charge in [0.15, 0.2) is 5.69 Å². The Morgan fingerprint density at radius 1 is 1.38 bits per heavy atom. The quantitative estimate of drug-likeness (QED) is 0.868. The lowest BCUT2D eigenvalue weighted by atomic mass is 10.1. The molecule has 2 aromatic heterocycles. The number of nitrogens with one attached hydrogen (secondary N) is 1. The molecule has 2 aliphatic rings. The highest BCUT2D eigenvalue weighted by Crippen LogP contribution is 2.25. The highest BCUT2D eigenvalue weighted by atomic mass is 35.5. The molecule has 112 valence electrons. The SMILES string of the molecule is Cc1ccn2nc(C(=O)N3C[C@@H]4CCN[C@@H]4C3)cc2c1.Cl. The van der Waals surface area contributed by atoms with Crippen molar-refractivity contribution < 1.29 is 4.79 Å². The van der Waals surface area contributed by atoms with E-state index < -0.39 is 0 Å². The molecule has 0 radical (unpaired) electrons. The van der Waals surface area contributed by atoms with Gasteiger partial charge in [0.2, 0.25) is 0 Å². The van der Waals surface area contributed by atoms with Gasteiger partial charge in [0.1, 0.15) is 0 Å². The molecule has 2 aliphatic heterocycles. The maximum Gasteiger partial charge on any atom is 0.274 e. The van der Waals surface area contributed by atoms with Crippen LogP contribution >= 0.6 is 12.4 Å². The Hall–Kier alpha value is -1.59. The lowest BCUT2D eigenvalue weighted by molar-refractivity contribution is 0.0776. The van der Waals surface area contributed by atoms with Crippen LogP contribution in [0.15, 0.2) is 24.4 Å². The fourth-order valence-corrected chi connectivity index (χ4v) is 3.39. The predicted molar refractivity (Wildman–Crippen MR) is 83.0 cm³/mol. The molecule has 2 fully saturated rings. The second-order valence-electron chi connectivity index (χ2n) is 5.92. The summed E-state index contributed by atoms with van der Waals surface area (Å²) in [6.07, 6.45) is 3.08. The Kier molecular flexibility index (Phi) is 3.63. The number of fused-ring (bicyclic) bond motifs is 2. The Balaban J connectivity index is 0.00000132. The van der Waals surface area contributed by atoms with Gasteiger partial charge in [-0.1, -0.05) is 0 Å². The van der Waals surface area contributed by atoms with Crippen LogP contribution in [0.5, 0.6) is 0 Å². The minimum atomic E-state index is 0. The third-order valence-corrected chi connectivity index (χ3v) is 4.49. The number of carbonyl (C=O) groups excluding carboxylic acids is 1. The van der Waals surface area contributed by atoms with Crippen molar-refractivity contribution in [1.82, 2.24) is 19.8 Å². The van der Waals surface area contributed by atoms with Crippen LogP contribution in [-0.2, 0) is 0 Å². The lowest BCUT2D eigenvalue weighted by Gasteiger charge is -2.15. The Bertz CT molecular complexity index is 671. The van der Waals surface area contributed by atoms with Crippen LogP contribution in [0.2, 0.25) is 0 Å². The van der Waals surface area contributed by atoms with E-state index in [0.29, 0.717) is 17.7 Å². The number of carbonyl (C=O) groups is 1. The third kappa shape index (κ3) is 2.40. The summed E-state index contributed by atoms with van der Waals surface area (Å²) in [6, 6.07) is 6.41. The van der Waals surface area contributed by atoms with Crippen LogP contribution in [-0.4, -0.2) is 46.1 Å². The number of hydrogen-bond acceptors (Lipinski definition) is 3. The van der Waals surface area contributed by atoms with Gasteiger partial charge in [0.25, 0.3) is 5.91 Å². The van der Waals surface area contributed by atoms with Crippen LogP contribution in [0.4, 0.5) is 0 Å². The van der Waals surface area contributed by atoms with Gasteiger partial charge < -0.3 is 10.2 Å². The zero-order valence-corrected chi connectivity index (χ0v) is 12.8. The molecule has 5 nitrogen and oxygen atoms in total. The second-order valence-corrected chi connectivity index (χ2v) is 5.92. The van der Waals surface area contributed by atoms with Crippen molar-refractivity contribution in [1.29, 1.82) is 0 Å². The molecular formula is C15H19ClN4O. The van der Waals surface area contributed by atoms with Crippen LogP contribution in [0, 0.1) is 12.8 Å².